The van der Waals surface area contributed by atoms with Gasteiger partial charge in [-0.2, -0.15) is 0 Å². The number of pyridine rings is 1. The highest BCUT2D eigenvalue weighted by Crippen LogP contribution is 2.37. The van der Waals surface area contributed by atoms with E-state index in [1.807, 2.05) is 49.4 Å². The van der Waals surface area contributed by atoms with Crippen LogP contribution in [0.3, 0.4) is 0 Å². The van der Waals surface area contributed by atoms with Crippen molar-refractivity contribution in [1.29, 1.82) is 0 Å². The average molecular weight is 500 g/mol. The van der Waals surface area contributed by atoms with E-state index in [1.54, 1.807) is 54.9 Å². The Morgan fingerprint density at radius 2 is 1.67 bits per heavy atom. The molecule has 1 aromatic heterocycles. The number of nitrogens with one attached hydrogen (secondary N) is 1. The van der Waals surface area contributed by atoms with E-state index in [9.17, 15) is 13.2 Å². The Morgan fingerprint density at radius 3 is 2.39 bits per heavy atom. The zero-order chi connectivity index (χ0) is 25.1. The van der Waals surface area contributed by atoms with Crippen molar-refractivity contribution in [3.05, 3.63) is 114 Å². The van der Waals surface area contributed by atoms with Gasteiger partial charge in [0.15, 0.2) is 6.10 Å². The third-order valence-electron chi connectivity index (χ3n) is 5.99. The Morgan fingerprint density at radius 1 is 0.972 bits per heavy atom. The summed E-state index contributed by atoms with van der Waals surface area (Å²) in [6.45, 7) is 1.75. The third kappa shape index (κ3) is 4.94. The van der Waals surface area contributed by atoms with Crippen molar-refractivity contribution in [2.45, 2.75) is 24.3 Å². The van der Waals surface area contributed by atoms with Gasteiger partial charge in [0.1, 0.15) is 5.75 Å². The van der Waals surface area contributed by atoms with Crippen molar-refractivity contribution in [3.8, 4) is 5.75 Å². The first-order valence-corrected chi connectivity index (χ1v) is 13.0. The first-order valence-electron chi connectivity index (χ1n) is 11.5. The standard InChI is InChI=1S/C28H25N3O4S/c1-20-7-12-25-26(17-20)35-27(19-31(25)36(33,34)24-5-3-2-4-6-24)28(32)30-23-10-8-21(9-11-23)18-22-13-15-29-16-14-22/h2-17,27H,18-19H2,1H3,(H,30,32). The summed E-state index contributed by atoms with van der Waals surface area (Å²) in [7, 11) is -3.89. The number of aromatic nitrogens is 1. The van der Waals surface area contributed by atoms with E-state index in [0.29, 0.717) is 17.1 Å². The zero-order valence-electron chi connectivity index (χ0n) is 19.7. The molecular formula is C28H25N3O4S. The number of sulfonamides is 1. The van der Waals surface area contributed by atoms with E-state index in [0.717, 1.165) is 23.1 Å². The maximum atomic E-state index is 13.5. The molecule has 4 aromatic rings. The first kappa shape index (κ1) is 23.6. The average Bonchev–Trinajstić information content (AvgIpc) is 2.90. The van der Waals surface area contributed by atoms with Crippen molar-refractivity contribution < 1.29 is 17.9 Å². The lowest BCUT2D eigenvalue weighted by Gasteiger charge is -2.35. The molecule has 0 saturated carbocycles. The third-order valence-corrected chi connectivity index (χ3v) is 7.78. The Hall–Kier alpha value is -4.17. The van der Waals surface area contributed by atoms with Crippen LogP contribution in [0.5, 0.6) is 5.75 Å². The second kappa shape index (κ2) is 9.83. The molecule has 1 amide bonds. The number of fused-ring (bicyclic) bond motifs is 1. The van der Waals surface area contributed by atoms with Gasteiger partial charge in [-0.1, -0.05) is 36.4 Å². The van der Waals surface area contributed by atoms with Gasteiger partial charge in [-0.25, -0.2) is 8.42 Å². The Balaban J connectivity index is 1.36. The van der Waals surface area contributed by atoms with Crippen LogP contribution in [0, 0.1) is 6.92 Å². The number of hydrogen-bond donors (Lipinski definition) is 1. The van der Waals surface area contributed by atoms with E-state index < -0.39 is 22.0 Å². The van der Waals surface area contributed by atoms with Gasteiger partial charge in [-0.3, -0.25) is 14.1 Å². The summed E-state index contributed by atoms with van der Waals surface area (Å²) < 4.78 is 34.2. The van der Waals surface area contributed by atoms with Crippen LogP contribution < -0.4 is 14.4 Å². The predicted octanol–water partition coefficient (Wildman–Crippen LogP) is 4.58. The molecular weight excluding hydrogens is 474 g/mol. The molecule has 0 aliphatic carbocycles. The maximum Gasteiger partial charge on any atom is 0.267 e. The molecule has 0 saturated heterocycles. The summed E-state index contributed by atoms with van der Waals surface area (Å²) in [5.41, 5.74) is 4.16. The fourth-order valence-corrected chi connectivity index (χ4v) is 5.61. The molecule has 0 radical (unpaired) electrons. The number of carbonyl (C=O) groups excluding carboxylic acids is 1. The molecule has 5 rings (SSSR count). The minimum absolute atomic E-state index is 0.140. The van der Waals surface area contributed by atoms with Gasteiger partial charge in [-0.15, -0.1) is 0 Å². The Kier molecular flexibility index (Phi) is 6.43. The van der Waals surface area contributed by atoms with E-state index in [-0.39, 0.29) is 11.4 Å². The van der Waals surface area contributed by atoms with Gasteiger partial charge >= 0.3 is 0 Å². The summed E-state index contributed by atoms with van der Waals surface area (Å²) in [5.74, 6) is -0.0640. The molecule has 7 nitrogen and oxygen atoms in total. The minimum Gasteiger partial charge on any atom is -0.476 e. The van der Waals surface area contributed by atoms with Gasteiger partial charge in [0, 0.05) is 18.1 Å². The monoisotopic (exact) mass is 499 g/mol. The van der Waals surface area contributed by atoms with Gasteiger partial charge in [0.25, 0.3) is 15.9 Å². The molecule has 1 unspecified atom stereocenters. The van der Waals surface area contributed by atoms with E-state index in [1.165, 1.54) is 4.31 Å². The molecule has 1 atom stereocenters. The highest BCUT2D eigenvalue weighted by Gasteiger charge is 2.37. The number of aryl methyl sites for hydroxylation is 1. The number of nitrogens with zero attached hydrogens (tertiary/aromatic N) is 2. The summed E-state index contributed by atoms with van der Waals surface area (Å²) in [6, 6.07) is 24.9. The van der Waals surface area contributed by atoms with Crippen LogP contribution in [0.1, 0.15) is 16.7 Å². The van der Waals surface area contributed by atoms with Gasteiger partial charge in [-0.05, 0) is 78.6 Å². The topological polar surface area (TPSA) is 88.6 Å². The van der Waals surface area contributed by atoms with Crippen molar-refractivity contribution >= 4 is 27.3 Å². The van der Waals surface area contributed by atoms with Crippen LogP contribution in [0.4, 0.5) is 11.4 Å². The molecule has 8 heteroatoms. The molecule has 1 N–H and O–H groups in total. The van der Waals surface area contributed by atoms with Gasteiger partial charge in [0.05, 0.1) is 17.1 Å². The van der Waals surface area contributed by atoms with E-state index in [2.05, 4.69) is 10.3 Å². The normalized spacial score (nSPS) is 15.0. The number of amides is 1. The number of rotatable bonds is 6. The smallest absolute Gasteiger partial charge is 0.267 e. The molecule has 2 heterocycles. The number of anilines is 2. The summed E-state index contributed by atoms with van der Waals surface area (Å²) in [5, 5.41) is 2.86. The van der Waals surface area contributed by atoms with E-state index >= 15 is 0 Å². The lowest BCUT2D eigenvalue weighted by Crippen LogP contribution is -2.48. The molecule has 1 aliphatic rings. The predicted molar refractivity (Wildman–Crippen MR) is 139 cm³/mol. The van der Waals surface area contributed by atoms with Crippen LogP contribution in [-0.4, -0.2) is 32.0 Å². The second-order valence-corrected chi connectivity index (χ2v) is 10.5. The highest BCUT2D eigenvalue weighted by molar-refractivity contribution is 7.92. The quantitative estimate of drug-likeness (QED) is 0.420. The Bertz CT molecular complexity index is 1470. The van der Waals surface area contributed by atoms with Crippen LogP contribution in [0.15, 0.2) is 102 Å². The summed E-state index contributed by atoms with van der Waals surface area (Å²) in [4.78, 5) is 17.4. The molecule has 36 heavy (non-hydrogen) atoms. The number of hydrogen-bond acceptors (Lipinski definition) is 5. The SMILES string of the molecule is Cc1ccc2c(c1)OC(C(=O)Nc1ccc(Cc3ccncc3)cc1)CN2S(=O)(=O)c1ccccc1. The molecule has 0 fully saturated rings. The summed E-state index contributed by atoms with van der Waals surface area (Å²) >= 11 is 0. The second-order valence-electron chi connectivity index (χ2n) is 8.65. The van der Waals surface area contributed by atoms with Crippen LogP contribution in [0.2, 0.25) is 0 Å². The fourth-order valence-electron chi connectivity index (χ4n) is 4.11. The zero-order valence-corrected chi connectivity index (χ0v) is 20.5. The maximum absolute atomic E-state index is 13.5. The molecule has 182 valence electrons. The molecule has 0 bridgehead atoms. The van der Waals surface area contributed by atoms with Crippen molar-refractivity contribution in [2.75, 3.05) is 16.2 Å². The Labute approximate surface area is 210 Å². The van der Waals surface area contributed by atoms with Crippen LogP contribution >= 0.6 is 0 Å². The number of ether oxygens (including phenoxy) is 1. The molecule has 3 aromatic carbocycles. The molecule has 0 spiro atoms. The van der Waals surface area contributed by atoms with Gasteiger partial charge in [0.2, 0.25) is 0 Å². The fraction of sp³-hybridized carbons (Fsp3) is 0.143. The highest BCUT2D eigenvalue weighted by atomic mass is 32.2. The van der Waals surface area contributed by atoms with Crippen LogP contribution in [0.25, 0.3) is 0 Å². The molecule has 1 aliphatic heterocycles. The largest absolute Gasteiger partial charge is 0.476 e. The minimum atomic E-state index is -3.89. The lowest BCUT2D eigenvalue weighted by atomic mass is 10.1. The summed E-state index contributed by atoms with van der Waals surface area (Å²) in [6.07, 6.45) is 3.25. The number of benzene rings is 3. The van der Waals surface area contributed by atoms with Gasteiger partial charge < -0.3 is 10.1 Å². The first-order chi connectivity index (χ1) is 17.4. The lowest BCUT2D eigenvalue weighted by molar-refractivity contribution is -0.122. The van der Waals surface area contributed by atoms with Crippen molar-refractivity contribution in [3.63, 3.8) is 0 Å². The number of carbonyl (C=O) groups is 1. The van der Waals surface area contributed by atoms with E-state index in [4.69, 9.17) is 4.74 Å². The van der Waals surface area contributed by atoms with Crippen LogP contribution in [-0.2, 0) is 21.2 Å². The van der Waals surface area contributed by atoms with Crippen molar-refractivity contribution in [1.82, 2.24) is 4.98 Å². The van der Waals surface area contributed by atoms with Crippen molar-refractivity contribution in [2.24, 2.45) is 0 Å².